The van der Waals surface area contributed by atoms with Gasteiger partial charge in [0.2, 0.25) is 6.41 Å². The summed E-state index contributed by atoms with van der Waals surface area (Å²) in [6.45, 7) is 2.10. The van der Waals surface area contributed by atoms with E-state index in [1.165, 1.54) is 12.1 Å². The number of rotatable bonds is 7. The number of pyridine rings is 1. The molecule has 2 unspecified atom stereocenters. The van der Waals surface area contributed by atoms with Crippen molar-refractivity contribution in [3.8, 4) is 5.75 Å². The van der Waals surface area contributed by atoms with E-state index in [1.54, 1.807) is 12.1 Å². The largest absolute Gasteiger partial charge is 0.489 e. The van der Waals surface area contributed by atoms with Crippen LogP contribution in [0, 0.1) is 6.92 Å². The third-order valence-corrected chi connectivity index (χ3v) is 7.50. The van der Waals surface area contributed by atoms with Gasteiger partial charge < -0.3 is 9.47 Å². The highest BCUT2D eigenvalue weighted by atomic mass is 32.2. The standard InChI is InChI=1S/C22H22N2O6S/c1-15-10-16(19-4-2-3-5-20(19)23-15)11-30-17-6-8-18(9-7-17)31(27,28)22-13-29-12-21(22)24(26)14-25/h2-10,14,21-22,26H,11-13H2,1H3. The number of aromatic nitrogens is 1. The fraction of sp³-hybridized carbons (Fsp3) is 0.273. The maximum atomic E-state index is 13.0. The third-order valence-electron chi connectivity index (χ3n) is 5.32. The van der Waals surface area contributed by atoms with Gasteiger partial charge in [0.15, 0.2) is 9.84 Å². The smallest absolute Gasteiger partial charge is 0.233 e. The number of fused-ring (bicyclic) bond motifs is 1. The number of nitrogens with zero attached hydrogens (tertiary/aromatic N) is 2. The Hall–Kier alpha value is -3.01. The van der Waals surface area contributed by atoms with Crippen LogP contribution in [0.2, 0.25) is 0 Å². The van der Waals surface area contributed by atoms with Gasteiger partial charge in [-0.15, -0.1) is 0 Å². The highest BCUT2D eigenvalue weighted by molar-refractivity contribution is 7.92. The molecule has 2 atom stereocenters. The van der Waals surface area contributed by atoms with Gasteiger partial charge in [-0.1, -0.05) is 18.2 Å². The van der Waals surface area contributed by atoms with Crippen LogP contribution in [0.1, 0.15) is 11.3 Å². The highest BCUT2D eigenvalue weighted by Crippen LogP contribution is 2.27. The van der Waals surface area contributed by atoms with Crippen molar-refractivity contribution in [2.24, 2.45) is 0 Å². The molecule has 0 aliphatic carbocycles. The van der Waals surface area contributed by atoms with Crippen molar-refractivity contribution in [3.05, 3.63) is 65.9 Å². The Morgan fingerprint density at radius 1 is 1.19 bits per heavy atom. The first-order valence-corrected chi connectivity index (χ1v) is 11.3. The Bertz CT molecular complexity index is 1200. The molecule has 0 saturated carbocycles. The van der Waals surface area contributed by atoms with Crippen LogP contribution >= 0.6 is 0 Å². The van der Waals surface area contributed by atoms with Crippen LogP contribution in [-0.4, -0.2) is 54.6 Å². The van der Waals surface area contributed by atoms with Gasteiger partial charge in [0.05, 0.1) is 23.6 Å². The molecular formula is C22H22N2O6S. The van der Waals surface area contributed by atoms with Crippen LogP contribution in [-0.2, 0) is 26.0 Å². The van der Waals surface area contributed by atoms with E-state index in [0.29, 0.717) is 17.4 Å². The normalized spacial score (nSPS) is 18.8. The van der Waals surface area contributed by atoms with Gasteiger partial charge in [-0.05, 0) is 43.3 Å². The Kier molecular flexibility index (Phi) is 5.90. The second-order valence-electron chi connectivity index (χ2n) is 7.37. The average molecular weight is 442 g/mol. The molecule has 1 amide bonds. The number of sulfone groups is 1. The van der Waals surface area contributed by atoms with Crippen LogP contribution in [0.5, 0.6) is 5.75 Å². The van der Waals surface area contributed by atoms with Crippen molar-refractivity contribution in [2.75, 3.05) is 13.2 Å². The number of carbonyl (C=O) groups excluding carboxylic acids is 1. The van der Waals surface area contributed by atoms with Gasteiger partial charge in [-0.2, -0.15) is 0 Å². The van der Waals surface area contributed by atoms with Gasteiger partial charge in [0.1, 0.15) is 23.6 Å². The molecule has 31 heavy (non-hydrogen) atoms. The van der Waals surface area contributed by atoms with E-state index < -0.39 is 21.1 Å². The van der Waals surface area contributed by atoms with E-state index in [9.17, 15) is 18.4 Å². The van der Waals surface area contributed by atoms with Gasteiger partial charge in [0.25, 0.3) is 0 Å². The molecule has 1 aliphatic rings. The number of hydrogen-bond acceptors (Lipinski definition) is 7. The van der Waals surface area contributed by atoms with E-state index in [1.807, 2.05) is 37.3 Å². The summed E-state index contributed by atoms with van der Waals surface area (Å²) >= 11 is 0. The monoisotopic (exact) mass is 442 g/mol. The molecule has 1 N–H and O–H groups in total. The summed E-state index contributed by atoms with van der Waals surface area (Å²) in [6, 6.07) is 14.9. The number of carbonyl (C=O) groups is 1. The number of amides is 1. The van der Waals surface area contributed by atoms with Gasteiger partial charge in [-0.25, -0.2) is 13.5 Å². The lowest BCUT2D eigenvalue weighted by Gasteiger charge is -2.22. The van der Waals surface area contributed by atoms with Gasteiger partial charge in [-0.3, -0.25) is 15.0 Å². The Balaban J connectivity index is 1.51. The SMILES string of the molecule is Cc1cc(COc2ccc(S(=O)(=O)C3COCC3N(O)C=O)cc2)c2ccccc2n1. The molecule has 2 heterocycles. The number of para-hydroxylation sites is 1. The van der Waals surface area contributed by atoms with Crippen molar-refractivity contribution < 1.29 is 27.9 Å². The summed E-state index contributed by atoms with van der Waals surface area (Å²) in [5.74, 6) is 0.522. The number of benzene rings is 2. The molecule has 2 aromatic carbocycles. The van der Waals surface area contributed by atoms with Crippen molar-refractivity contribution in [1.82, 2.24) is 10.0 Å². The lowest BCUT2D eigenvalue weighted by molar-refractivity contribution is -0.159. The van der Waals surface area contributed by atoms with E-state index in [0.717, 1.165) is 22.2 Å². The van der Waals surface area contributed by atoms with Crippen LogP contribution in [0.15, 0.2) is 59.5 Å². The first kappa shape index (κ1) is 21.2. The summed E-state index contributed by atoms with van der Waals surface area (Å²) in [6.07, 6.45) is 0.184. The molecule has 3 aromatic rings. The quantitative estimate of drug-likeness (QED) is 0.340. The fourth-order valence-electron chi connectivity index (χ4n) is 3.72. The summed E-state index contributed by atoms with van der Waals surface area (Å²) < 4.78 is 37.0. The summed E-state index contributed by atoms with van der Waals surface area (Å²) in [4.78, 5) is 15.4. The predicted octanol–water partition coefficient (Wildman–Crippen LogP) is 2.51. The maximum absolute atomic E-state index is 13.0. The molecular weight excluding hydrogens is 420 g/mol. The van der Waals surface area contributed by atoms with Crippen molar-refractivity contribution in [1.29, 1.82) is 0 Å². The lowest BCUT2D eigenvalue weighted by atomic mass is 10.1. The molecule has 4 rings (SSSR count). The summed E-state index contributed by atoms with van der Waals surface area (Å²) in [7, 11) is -3.81. The zero-order chi connectivity index (χ0) is 22.0. The molecule has 0 bridgehead atoms. The number of hydroxylamine groups is 2. The number of hydrogen-bond donors (Lipinski definition) is 1. The fourth-order valence-corrected chi connectivity index (χ4v) is 5.48. The van der Waals surface area contributed by atoms with Crippen LogP contribution in [0.4, 0.5) is 0 Å². The van der Waals surface area contributed by atoms with E-state index in [-0.39, 0.29) is 24.5 Å². The lowest BCUT2D eigenvalue weighted by Crippen LogP contribution is -2.44. The van der Waals surface area contributed by atoms with E-state index in [2.05, 4.69) is 4.98 Å². The average Bonchev–Trinajstić information content (AvgIpc) is 3.28. The molecule has 9 heteroatoms. The molecule has 0 radical (unpaired) electrons. The molecule has 0 spiro atoms. The second kappa shape index (κ2) is 8.62. The first-order valence-electron chi connectivity index (χ1n) is 9.72. The second-order valence-corrected chi connectivity index (χ2v) is 9.54. The third kappa shape index (κ3) is 4.25. The van der Waals surface area contributed by atoms with E-state index >= 15 is 0 Å². The molecule has 1 aromatic heterocycles. The number of aryl methyl sites for hydroxylation is 1. The predicted molar refractivity (Wildman–Crippen MR) is 113 cm³/mol. The Morgan fingerprint density at radius 2 is 1.94 bits per heavy atom. The van der Waals surface area contributed by atoms with Crippen LogP contribution < -0.4 is 4.74 Å². The topological polar surface area (TPSA) is 106 Å². The highest BCUT2D eigenvalue weighted by Gasteiger charge is 2.42. The molecule has 162 valence electrons. The summed E-state index contributed by atoms with van der Waals surface area (Å²) in [5.41, 5.74) is 2.77. The Labute approximate surface area is 179 Å². The molecule has 8 nitrogen and oxygen atoms in total. The summed E-state index contributed by atoms with van der Waals surface area (Å²) in [5, 5.41) is 9.97. The Morgan fingerprint density at radius 3 is 2.68 bits per heavy atom. The maximum Gasteiger partial charge on any atom is 0.233 e. The minimum Gasteiger partial charge on any atom is -0.489 e. The van der Waals surface area contributed by atoms with Crippen molar-refractivity contribution in [3.63, 3.8) is 0 Å². The zero-order valence-electron chi connectivity index (χ0n) is 16.8. The zero-order valence-corrected chi connectivity index (χ0v) is 17.7. The van der Waals surface area contributed by atoms with E-state index in [4.69, 9.17) is 9.47 Å². The number of ether oxygens (including phenoxy) is 2. The first-order chi connectivity index (χ1) is 14.9. The van der Waals surface area contributed by atoms with Crippen molar-refractivity contribution >= 4 is 27.2 Å². The van der Waals surface area contributed by atoms with Gasteiger partial charge in [0, 0.05) is 16.6 Å². The minimum absolute atomic E-state index is 0.0420. The van der Waals surface area contributed by atoms with Gasteiger partial charge >= 0.3 is 0 Å². The van der Waals surface area contributed by atoms with Crippen LogP contribution in [0.3, 0.4) is 0 Å². The molecule has 1 aliphatic heterocycles. The van der Waals surface area contributed by atoms with Crippen LogP contribution in [0.25, 0.3) is 10.9 Å². The minimum atomic E-state index is -3.81. The molecule has 1 saturated heterocycles. The van der Waals surface area contributed by atoms with Crippen molar-refractivity contribution in [2.45, 2.75) is 29.7 Å². The molecule has 1 fully saturated rings.